The lowest BCUT2D eigenvalue weighted by Crippen LogP contribution is -2.61. The van der Waals surface area contributed by atoms with Crippen molar-refractivity contribution in [3.63, 3.8) is 0 Å². The van der Waals surface area contributed by atoms with Crippen LogP contribution in [0.25, 0.3) is 0 Å². The van der Waals surface area contributed by atoms with Crippen molar-refractivity contribution in [2.24, 2.45) is 0 Å². The van der Waals surface area contributed by atoms with Gasteiger partial charge in [0.2, 0.25) is 0 Å². The Morgan fingerprint density at radius 1 is 1.38 bits per heavy atom. The molecule has 0 radical (unpaired) electrons. The Labute approximate surface area is 96.8 Å². The number of hydrogen-bond donors (Lipinski definition) is 0. The highest BCUT2D eigenvalue weighted by Gasteiger charge is 2.65. The van der Waals surface area contributed by atoms with Crippen LogP contribution in [0, 0.1) is 0 Å². The van der Waals surface area contributed by atoms with Crippen LogP contribution in [0.1, 0.15) is 39.0 Å². The fraction of sp³-hybridized carbons (Fsp3) is 1.00. The maximum atomic E-state index is 12.2. The smallest absolute Gasteiger partial charge is 0.163 e. The molecule has 0 aliphatic carbocycles. The number of piperidine rings is 1. The van der Waals surface area contributed by atoms with E-state index in [-0.39, 0.29) is 22.6 Å². The summed E-state index contributed by atoms with van der Waals surface area (Å²) in [5.41, 5.74) is 0. The summed E-state index contributed by atoms with van der Waals surface area (Å²) in [7, 11) is -2.90. The molecule has 3 aliphatic rings. The second-order valence-corrected chi connectivity index (χ2v) is 7.48. The third-order valence-corrected chi connectivity index (χ3v) is 6.89. The van der Waals surface area contributed by atoms with E-state index >= 15 is 0 Å². The van der Waals surface area contributed by atoms with E-state index in [4.69, 9.17) is 4.84 Å². The SMILES string of the molecule is CCC[C@@H]1[C@@H]2ON3CCCCC3[C@@H]2S1(=O)=O. The van der Waals surface area contributed by atoms with Gasteiger partial charge in [0.1, 0.15) is 11.4 Å². The molecule has 3 saturated heterocycles. The molecule has 0 bridgehead atoms. The zero-order chi connectivity index (χ0) is 11.3. The molecule has 1 unspecified atom stereocenters. The van der Waals surface area contributed by atoms with Crippen LogP contribution in [0.2, 0.25) is 0 Å². The summed E-state index contributed by atoms with van der Waals surface area (Å²) in [4.78, 5) is 5.82. The van der Waals surface area contributed by atoms with Gasteiger partial charge >= 0.3 is 0 Å². The van der Waals surface area contributed by atoms with Crippen molar-refractivity contribution in [3.8, 4) is 0 Å². The van der Waals surface area contributed by atoms with Crippen molar-refractivity contribution in [2.45, 2.75) is 61.7 Å². The number of sulfone groups is 1. The molecule has 3 rings (SSSR count). The van der Waals surface area contributed by atoms with E-state index in [9.17, 15) is 8.42 Å². The molecule has 3 fully saturated rings. The van der Waals surface area contributed by atoms with Gasteiger partial charge < -0.3 is 0 Å². The first-order valence-corrected chi connectivity index (χ1v) is 7.93. The highest BCUT2D eigenvalue weighted by molar-refractivity contribution is 7.94. The molecule has 0 aromatic carbocycles. The fourth-order valence-corrected chi connectivity index (χ4v) is 6.03. The van der Waals surface area contributed by atoms with E-state index in [1.165, 1.54) is 0 Å². The molecule has 3 heterocycles. The third kappa shape index (κ3) is 1.31. The van der Waals surface area contributed by atoms with E-state index in [2.05, 4.69) is 0 Å². The average Bonchev–Trinajstić information content (AvgIpc) is 2.62. The number of fused-ring (bicyclic) bond motifs is 3. The van der Waals surface area contributed by atoms with E-state index < -0.39 is 9.84 Å². The second-order valence-electron chi connectivity index (χ2n) is 5.15. The standard InChI is InChI=1S/C11H19NO3S/c1-2-5-9-10-11(16(9,13)14)8-6-3-4-7-12(8)15-10/h8-11H,2-7H2,1H3/t8?,9-,10+,11+/m1/s1. The Balaban J connectivity index is 1.84. The number of hydrogen-bond acceptors (Lipinski definition) is 4. The van der Waals surface area contributed by atoms with E-state index in [0.717, 1.165) is 38.6 Å². The lowest BCUT2D eigenvalue weighted by atomic mass is 9.96. The number of rotatable bonds is 2. The van der Waals surface area contributed by atoms with Crippen LogP contribution in [0.15, 0.2) is 0 Å². The van der Waals surface area contributed by atoms with Crippen molar-refractivity contribution >= 4 is 9.84 Å². The molecule has 16 heavy (non-hydrogen) atoms. The first-order valence-electron chi connectivity index (χ1n) is 6.32. The minimum absolute atomic E-state index is 0.0342. The van der Waals surface area contributed by atoms with Crippen LogP contribution in [0.3, 0.4) is 0 Å². The normalized spacial score (nSPS) is 45.8. The topological polar surface area (TPSA) is 46.6 Å². The van der Waals surface area contributed by atoms with Gasteiger partial charge in [-0.25, -0.2) is 8.42 Å². The van der Waals surface area contributed by atoms with Gasteiger partial charge in [-0.2, -0.15) is 5.06 Å². The zero-order valence-corrected chi connectivity index (χ0v) is 10.4. The molecule has 92 valence electrons. The summed E-state index contributed by atoms with van der Waals surface area (Å²) in [5, 5.41) is 1.50. The summed E-state index contributed by atoms with van der Waals surface area (Å²) in [5.74, 6) is 0. The van der Waals surface area contributed by atoms with Crippen molar-refractivity contribution in [1.82, 2.24) is 5.06 Å². The molecule has 0 aromatic heterocycles. The summed E-state index contributed by atoms with van der Waals surface area (Å²) in [6, 6.07) is 0.150. The van der Waals surface area contributed by atoms with Gasteiger partial charge in [0, 0.05) is 6.54 Å². The van der Waals surface area contributed by atoms with Crippen LogP contribution >= 0.6 is 0 Å². The Kier molecular flexibility index (Phi) is 2.53. The third-order valence-electron chi connectivity index (χ3n) is 4.20. The van der Waals surface area contributed by atoms with Crippen LogP contribution in [-0.2, 0) is 14.7 Å². The van der Waals surface area contributed by atoms with Crippen LogP contribution < -0.4 is 0 Å². The second kappa shape index (κ2) is 3.68. The van der Waals surface area contributed by atoms with Crippen molar-refractivity contribution in [2.75, 3.05) is 6.54 Å². The lowest BCUT2D eigenvalue weighted by Gasteiger charge is -2.39. The first-order chi connectivity index (χ1) is 7.66. The molecule has 4 atom stereocenters. The molecule has 4 nitrogen and oxygen atoms in total. The van der Waals surface area contributed by atoms with Crippen molar-refractivity contribution < 1.29 is 13.3 Å². The Bertz CT molecular complexity index is 381. The van der Waals surface area contributed by atoms with E-state index in [1.54, 1.807) is 0 Å². The van der Waals surface area contributed by atoms with Gasteiger partial charge in [-0.1, -0.05) is 19.8 Å². The van der Waals surface area contributed by atoms with Gasteiger partial charge in [0.05, 0.1) is 11.3 Å². The van der Waals surface area contributed by atoms with E-state index in [0.29, 0.717) is 0 Å². The largest absolute Gasteiger partial charge is 0.293 e. The molecular weight excluding hydrogens is 226 g/mol. The Hall–Kier alpha value is -0.130. The van der Waals surface area contributed by atoms with Gasteiger partial charge in [-0.15, -0.1) is 0 Å². The van der Waals surface area contributed by atoms with Crippen LogP contribution in [0.5, 0.6) is 0 Å². The lowest BCUT2D eigenvalue weighted by molar-refractivity contribution is -0.172. The zero-order valence-electron chi connectivity index (χ0n) is 9.63. The molecular formula is C11H19NO3S. The van der Waals surface area contributed by atoms with E-state index in [1.807, 2.05) is 12.0 Å². The Morgan fingerprint density at radius 2 is 2.19 bits per heavy atom. The van der Waals surface area contributed by atoms with Crippen LogP contribution in [0.4, 0.5) is 0 Å². The highest BCUT2D eigenvalue weighted by atomic mass is 32.2. The fourth-order valence-electron chi connectivity index (χ4n) is 3.42. The molecule has 0 N–H and O–H groups in total. The van der Waals surface area contributed by atoms with Gasteiger partial charge in [-0.3, -0.25) is 4.84 Å². The maximum absolute atomic E-state index is 12.2. The molecule has 0 saturated carbocycles. The molecule has 0 aromatic rings. The highest BCUT2D eigenvalue weighted by Crippen LogP contribution is 2.46. The predicted octanol–water partition coefficient (Wildman–Crippen LogP) is 1.12. The quantitative estimate of drug-likeness (QED) is 0.731. The number of nitrogens with zero attached hydrogens (tertiary/aromatic N) is 1. The van der Waals surface area contributed by atoms with Gasteiger partial charge in [0.15, 0.2) is 9.84 Å². The first kappa shape index (κ1) is 11.0. The minimum atomic E-state index is -2.90. The summed E-state index contributed by atoms with van der Waals surface area (Å²) in [6.45, 7) is 2.94. The Morgan fingerprint density at radius 3 is 2.94 bits per heavy atom. The monoisotopic (exact) mass is 245 g/mol. The summed E-state index contributed by atoms with van der Waals surface area (Å²) >= 11 is 0. The number of hydroxylamine groups is 2. The minimum Gasteiger partial charge on any atom is -0.293 e. The molecule has 0 spiro atoms. The molecule has 0 amide bonds. The van der Waals surface area contributed by atoms with Gasteiger partial charge in [0.25, 0.3) is 0 Å². The maximum Gasteiger partial charge on any atom is 0.163 e. The molecule has 5 heteroatoms. The van der Waals surface area contributed by atoms with Gasteiger partial charge in [-0.05, 0) is 19.3 Å². The van der Waals surface area contributed by atoms with Crippen molar-refractivity contribution in [1.29, 1.82) is 0 Å². The average molecular weight is 245 g/mol. The summed E-state index contributed by atoms with van der Waals surface area (Å²) in [6.07, 6.45) is 4.90. The molecule has 3 aliphatic heterocycles. The van der Waals surface area contributed by atoms with Crippen molar-refractivity contribution in [3.05, 3.63) is 0 Å². The van der Waals surface area contributed by atoms with Crippen LogP contribution in [-0.4, -0.2) is 42.7 Å². The summed E-state index contributed by atoms with van der Waals surface area (Å²) < 4.78 is 24.3. The predicted molar refractivity (Wildman–Crippen MR) is 60.6 cm³/mol.